The average Bonchev–Trinajstić information content (AvgIpc) is 2.87. The maximum atomic E-state index is 12.8. The SMILES string of the molecule is CCN(CC)C(=O)c1cccc(N2CC(CS(=O)(=O)F)CC2=O)c1. The van der Waals surface area contributed by atoms with Crippen LogP contribution in [0.25, 0.3) is 0 Å². The van der Waals surface area contributed by atoms with Crippen LogP contribution >= 0.6 is 0 Å². The Kier molecular flexibility index (Phi) is 5.58. The van der Waals surface area contributed by atoms with Gasteiger partial charge in [-0.1, -0.05) is 6.07 Å². The number of rotatable bonds is 6. The van der Waals surface area contributed by atoms with Crippen LogP contribution in [0, 0.1) is 5.92 Å². The Morgan fingerprint density at radius 3 is 2.58 bits per heavy atom. The molecular weight excluding hydrogens is 335 g/mol. The molecule has 0 bridgehead atoms. The molecule has 24 heavy (non-hydrogen) atoms. The van der Waals surface area contributed by atoms with Crippen LogP contribution in [0.2, 0.25) is 0 Å². The van der Waals surface area contributed by atoms with Gasteiger partial charge in [-0.15, -0.1) is 3.89 Å². The molecule has 1 aliphatic heterocycles. The number of carbonyl (C=O) groups excluding carboxylic acids is 2. The lowest BCUT2D eigenvalue weighted by Gasteiger charge is -2.21. The molecule has 1 atom stereocenters. The molecule has 8 heteroatoms. The normalized spacial score (nSPS) is 18.0. The topological polar surface area (TPSA) is 74.8 Å². The molecule has 0 aromatic heterocycles. The first-order valence-electron chi connectivity index (χ1n) is 7.87. The fraction of sp³-hybridized carbons (Fsp3) is 0.500. The Morgan fingerprint density at radius 2 is 2.00 bits per heavy atom. The third-order valence-electron chi connectivity index (χ3n) is 4.10. The minimum Gasteiger partial charge on any atom is -0.339 e. The summed E-state index contributed by atoms with van der Waals surface area (Å²) in [6.45, 7) is 5.07. The van der Waals surface area contributed by atoms with Crippen molar-refractivity contribution >= 4 is 27.7 Å². The van der Waals surface area contributed by atoms with Crippen LogP contribution in [0.1, 0.15) is 30.6 Å². The first-order valence-corrected chi connectivity index (χ1v) is 9.42. The second-order valence-corrected chi connectivity index (χ2v) is 7.22. The lowest BCUT2D eigenvalue weighted by atomic mass is 10.1. The quantitative estimate of drug-likeness (QED) is 0.729. The van der Waals surface area contributed by atoms with Gasteiger partial charge in [0.05, 0.1) is 5.75 Å². The molecule has 1 fully saturated rings. The molecule has 1 aliphatic rings. The largest absolute Gasteiger partial charge is 0.339 e. The second kappa shape index (κ2) is 7.29. The van der Waals surface area contributed by atoms with Crippen LogP contribution in [0.5, 0.6) is 0 Å². The Morgan fingerprint density at radius 1 is 1.33 bits per heavy atom. The van der Waals surface area contributed by atoms with E-state index in [1.165, 1.54) is 4.90 Å². The van der Waals surface area contributed by atoms with Crippen molar-refractivity contribution in [2.45, 2.75) is 20.3 Å². The molecule has 1 aromatic carbocycles. The number of amides is 2. The van der Waals surface area contributed by atoms with E-state index >= 15 is 0 Å². The molecule has 0 saturated carbocycles. The highest BCUT2D eigenvalue weighted by atomic mass is 32.3. The Bertz CT molecular complexity index is 731. The van der Waals surface area contributed by atoms with Crippen molar-refractivity contribution in [3.05, 3.63) is 29.8 Å². The summed E-state index contributed by atoms with van der Waals surface area (Å²) in [5.41, 5.74) is 0.988. The van der Waals surface area contributed by atoms with Gasteiger partial charge in [-0.25, -0.2) is 0 Å². The van der Waals surface area contributed by atoms with Crippen molar-refractivity contribution in [1.82, 2.24) is 4.90 Å². The number of anilines is 1. The molecule has 0 spiro atoms. The first kappa shape index (κ1) is 18.4. The van der Waals surface area contributed by atoms with E-state index in [0.29, 0.717) is 24.3 Å². The number of benzene rings is 1. The summed E-state index contributed by atoms with van der Waals surface area (Å²) in [6.07, 6.45) is -0.0165. The summed E-state index contributed by atoms with van der Waals surface area (Å²) in [7, 11) is -4.62. The van der Waals surface area contributed by atoms with Crippen molar-refractivity contribution in [3.8, 4) is 0 Å². The number of hydrogen-bond donors (Lipinski definition) is 0. The Labute approximate surface area is 141 Å². The van der Waals surface area contributed by atoms with Gasteiger partial charge >= 0.3 is 10.2 Å². The molecule has 2 rings (SSSR count). The number of nitrogens with zero attached hydrogens (tertiary/aromatic N) is 2. The molecule has 2 amide bonds. The van der Waals surface area contributed by atoms with E-state index < -0.39 is 21.9 Å². The molecule has 0 N–H and O–H groups in total. The van der Waals surface area contributed by atoms with Crippen molar-refractivity contribution in [3.63, 3.8) is 0 Å². The van der Waals surface area contributed by atoms with Gasteiger partial charge in [0, 0.05) is 43.2 Å². The molecular formula is C16H21FN2O4S. The summed E-state index contributed by atoms with van der Waals surface area (Å²) in [6, 6.07) is 6.65. The predicted molar refractivity (Wildman–Crippen MR) is 89.0 cm³/mol. The number of hydrogen-bond acceptors (Lipinski definition) is 4. The van der Waals surface area contributed by atoms with Crippen molar-refractivity contribution < 1.29 is 21.9 Å². The third-order valence-corrected chi connectivity index (χ3v) is 4.96. The smallest absolute Gasteiger partial charge is 0.302 e. The van der Waals surface area contributed by atoms with Crippen molar-refractivity contribution in [1.29, 1.82) is 0 Å². The zero-order valence-electron chi connectivity index (χ0n) is 13.7. The molecule has 1 unspecified atom stereocenters. The Hall–Kier alpha value is -1.96. The molecule has 0 aliphatic carbocycles. The van der Waals surface area contributed by atoms with E-state index in [2.05, 4.69) is 0 Å². The van der Waals surface area contributed by atoms with E-state index in [1.54, 1.807) is 29.2 Å². The van der Waals surface area contributed by atoms with Gasteiger partial charge in [-0.3, -0.25) is 9.59 Å². The summed E-state index contributed by atoms with van der Waals surface area (Å²) < 4.78 is 34.4. The highest BCUT2D eigenvalue weighted by Gasteiger charge is 2.33. The maximum Gasteiger partial charge on any atom is 0.302 e. The standard InChI is InChI=1S/C16H21FN2O4S/c1-3-18(4-2)16(21)13-6-5-7-14(9-13)19-10-12(8-15(19)20)11-24(17,22)23/h5-7,9,12H,3-4,8,10-11H2,1-2H3. The third kappa shape index (κ3) is 4.31. The monoisotopic (exact) mass is 356 g/mol. The fourth-order valence-corrected chi connectivity index (χ4v) is 3.71. The Balaban J connectivity index is 2.20. The fourth-order valence-electron chi connectivity index (χ4n) is 2.92. The van der Waals surface area contributed by atoms with E-state index in [9.17, 15) is 21.9 Å². The van der Waals surface area contributed by atoms with Gasteiger partial charge < -0.3 is 9.80 Å². The van der Waals surface area contributed by atoms with Gasteiger partial charge in [-0.2, -0.15) is 8.42 Å². The van der Waals surface area contributed by atoms with Gasteiger partial charge in [0.2, 0.25) is 5.91 Å². The molecule has 1 saturated heterocycles. The van der Waals surface area contributed by atoms with Crippen molar-refractivity contribution in [2.75, 3.05) is 30.3 Å². The summed E-state index contributed by atoms with van der Waals surface area (Å²) in [5, 5.41) is 0. The zero-order chi connectivity index (χ0) is 17.9. The molecule has 1 heterocycles. The van der Waals surface area contributed by atoms with Crippen LogP contribution in [0.4, 0.5) is 9.57 Å². The number of carbonyl (C=O) groups is 2. The summed E-state index contributed by atoms with van der Waals surface area (Å²) in [4.78, 5) is 27.6. The highest BCUT2D eigenvalue weighted by molar-refractivity contribution is 7.86. The average molecular weight is 356 g/mol. The molecule has 1 aromatic rings. The van der Waals surface area contributed by atoms with Gasteiger partial charge in [0.25, 0.3) is 5.91 Å². The predicted octanol–water partition coefficient (Wildman–Crippen LogP) is 1.82. The van der Waals surface area contributed by atoms with Crippen LogP contribution in [0.3, 0.4) is 0 Å². The summed E-state index contributed by atoms with van der Waals surface area (Å²) >= 11 is 0. The minimum atomic E-state index is -4.62. The van der Waals surface area contributed by atoms with E-state index in [-0.39, 0.29) is 24.8 Å². The van der Waals surface area contributed by atoms with Gasteiger partial charge in [-0.05, 0) is 32.0 Å². The van der Waals surface area contributed by atoms with Gasteiger partial charge in [0.15, 0.2) is 0 Å². The van der Waals surface area contributed by atoms with E-state index in [0.717, 1.165) is 0 Å². The summed E-state index contributed by atoms with van der Waals surface area (Å²) in [5.74, 6) is -1.63. The van der Waals surface area contributed by atoms with E-state index in [4.69, 9.17) is 0 Å². The zero-order valence-corrected chi connectivity index (χ0v) is 14.6. The lowest BCUT2D eigenvalue weighted by Crippen LogP contribution is -2.31. The lowest BCUT2D eigenvalue weighted by molar-refractivity contribution is -0.117. The van der Waals surface area contributed by atoms with Crippen LogP contribution in [-0.2, 0) is 15.0 Å². The van der Waals surface area contributed by atoms with E-state index in [1.807, 2.05) is 13.8 Å². The van der Waals surface area contributed by atoms with Gasteiger partial charge in [0.1, 0.15) is 0 Å². The number of halogens is 1. The first-order chi connectivity index (χ1) is 11.2. The van der Waals surface area contributed by atoms with Crippen LogP contribution in [-0.4, -0.2) is 50.5 Å². The molecule has 0 radical (unpaired) electrons. The van der Waals surface area contributed by atoms with Crippen LogP contribution < -0.4 is 4.90 Å². The van der Waals surface area contributed by atoms with Crippen LogP contribution in [0.15, 0.2) is 24.3 Å². The second-order valence-electron chi connectivity index (χ2n) is 5.81. The maximum absolute atomic E-state index is 12.8. The molecule has 132 valence electrons. The highest BCUT2D eigenvalue weighted by Crippen LogP contribution is 2.27. The minimum absolute atomic E-state index is 0.0165. The van der Waals surface area contributed by atoms with Crippen molar-refractivity contribution in [2.24, 2.45) is 5.92 Å². The molecule has 6 nitrogen and oxygen atoms in total.